The first-order valence-electron chi connectivity index (χ1n) is 7.39. The number of hydrogen-bond acceptors (Lipinski definition) is 4. The van der Waals surface area contributed by atoms with Crippen LogP contribution in [0.5, 0.6) is 0 Å². The van der Waals surface area contributed by atoms with Crippen LogP contribution in [0.2, 0.25) is 5.02 Å². The second-order valence-electron chi connectivity index (χ2n) is 5.65. The molecule has 0 spiro atoms. The maximum Gasteiger partial charge on any atom is 0.289 e. The topological polar surface area (TPSA) is 58.4 Å². The lowest BCUT2D eigenvalue weighted by atomic mass is 10.2. The van der Waals surface area contributed by atoms with Crippen molar-refractivity contribution in [1.29, 1.82) is 0 Å². The van der Waals surface area contributed by atoms with Crippen molar-refractivity contribution in [3.8, 4) is 0 Å². The Morgan fingerprint density at radius 3 is 2.91 bits per heavy atom. The highest BCUT2D eigenvalue weighted by molar-refractivity contribution is 6.30. The lowest BCUT2D eigenvalue weighted by Crippen LogP contribution is -2.37. The fourth-order valence-corrected chi connectivity index (χ4v) is 2.90. The second-order valence-corrected chi connectivity index (χ2v) is 6.06. The third-order valence-corrected chi connectivity index (χ3v) is 4.21. The first-order valence-corrected chi connectivity index (χ1v) is 7.76. The average molecular weight is 338 g/mol. The summed E-state index contributed by atoms with van der Waals surface area (Å²) in [5.74, 6) is 0.0116. The van der Waals surface area contributed by atoms with E-state index >= 15 is 0 Å². The number of carbonyl (C=O) groups is 1. The number of nitrogens with zero attached hydrogens (tertiary/aromatic N) is 2. The highest BCUT2D eigenvalue weighted by Crippen LogP contribution is 2.25. The van der Waals surface area contributed by atoms with E-state index in [4.69, 9.17) is 16.0 Å². The SMILES string of the molecule is Cc1nc(C)c(C(=O)N[C@H]2CCN(c3ccc(Cl)c(F)c3)C2)o1. The van der Waals surface area contributed by atoms with Crippen molar-refractivity contribution < 1.29 is 13.6 Å². The van der Waals surface area contributed by atoms with Crippen molar-refractivity contribution in [3.05, 3.63) is 46.4 Å². The number of aryl methyl sites for hydroxylation is 2. The average Bonchev–Trinajstić information content (AvgIpc) is 3.08. The van der Waals surface area contributed by atoms with E-state index < -0.39 is 5.82 Å². The molecule has 1 aromatic heterocycles. The smallest absolute Gasteiger partial charge is 0.289 e. The number of halogens is 2. The summed E-state index contributed by atoms with van der Waals surface area (Å²) in [6.07, 6.45) is 0.780. The summed E-state index contributed by atoms with van der Waals surface area (Å²) in [6.45, 7) is 4.79. The van der Waals surface area contributed by atoms with E-state index in [-0.39, 0.29) is 22.7 Å². The maximum absolute atomic E-state index is 13.6. The van der Waals surface area contributed by atoms with E-state index in [2.05, 4.69) is 10.3 Å². The Balaban J connectivity index is 1.64. The monoisotopic (exact) mass is 337 g/mol. The molecule has 1 aromatic carbocycles. The molecule has 5 nitrogen and oxygen atoms in total. The fourth-order valence-electron chi connectivity index (χ4n) is 2.79. The van der Waals surface area contributed by atoms with Gasteiger partial charge in [0.15, 0.2) is 5.89 Å². The Hall–Kier alpha value is -2.08. The van der Waals surface area contributed by atoms with Gasteiger partial charge in [-0.05, 0) is 31.5 Å². The molecule has 7 heteroatoms. The number of hydrogen-bond donors (Lipinski definition) is 1. The van der Waals surface area contributed by atoms with E-state index in [1.165, 1.54) is 6.07 Å². The van der Waals surface area contributed by atoms with Crippen molar-refractivity contribution in [1.82, 2.24) is 10.3 Å². The quantitative estimate of drug-likeness (QED) is 0.935. The van der Waals surface area contributed by atoms with E-state index in [0.717, 1.165) is 18.7 Å². The zero-order valence-corrected chi connectivity index (χ0v) is 13.7. The third-order valence-electron chi connectivity index (χ3n) is 3.90. The molecule has 1 aliphatic heterocycles. The Morgan fingerprint density at radius 2 is 2.26 bits per heavy atom. The predicted molar refractivity (Wildman–Crippen MR) is 85.5 cm³/mol. The molecule has 2 aromatic rings. The zero-order chi connectivity index (χ0) is 16.6. The van der Waals surface area contributed by atoms with E-state index in [1.54, 1.807) is 26.0 Å². The number of aromatic nitrogens is 1. The molecule has 1 amide bonds. The van der Waals surface area contributed by atoms with Gasteiger partial charge in [0.2, 0.25) is 5.76 Å². The lowest BCUT2D eigenvalue weighted by Gasteiger charge is -2.19. The zero-order valence-electron chi connectivity index (χ0n) is 12.9. The van der Waals surface area contributed by atoms with Crippen LogP contribution in [0.3, 0.4) is 0 Å². The van der Waals surface area contributed by atoms with Gasteiger partial charge in [-0.1, -0.05) is 11.6 Å². The van der Waals surface area contributed by atoms with E-state index in [0.29, 0.717) is 18.1 Å². The van der Waals surface area contributed by atoms with Crippen LogP contribution in [-0.2, 0) is 0 Å². The van der Waals surface area contributed by atoms with Crippen molar-refractivity contribution in [2.75, 3.05) is 18.0 Å². The predicted octanol–water partition coefficient (Wildman–Crippen LogP) is 3.09. The fraction of sp³-hybridized carbons (Fsp3) is 0.375. The van der Waals surface area contributed by atoms with Crippen LogP contribution in [0.1, 0.15) is 28.6 Å². The molecule has 0 aliphatic carbocycles. The Kier molecular flexibility index (Phi) is 4.26. The number of amides is 1. The van der Waals surface area contributed by atoms with Crippen LogP contribution in [0, 0.1) is 19.7 Å². The first kappa shape index (κ1) is 15.8. The maximum atomic E-state index is 13.6. The Labute approximate surface area is 138 Å². The number of oxazole rings is 1. The highest BCUT2D eigenvalue weighted by Gasteiger charge is 2.26. The molecule has 1 N–H and O–H groups in total. The number of benzene rings is 1. The van der Waals surface area contributed by atoms with Gasteiger partial charge in [-0.2, -0.15) is 0 Å². The third kappa shape index (κ3) is 3.32. The molecule has 1 fully saturated rings. The van der Waals surface area contributed by atoms with Gasteiger partial charge in [0, 0.05) is 31.7 Å². The summed E-state index contributed by atoms with van der Waals surface area (Å²) in [5.41, 5.74) is 1.34. The first-order chi connectivity index (χ1) is 10.9. The largest absolute Gasteiger partial charge is 0.436 e. The van der Waals surface area contributed by atoms with Crippen molar-refractivity contribution in [2.24, 2.45) is 0 Å². The van der Waals surface area contributed by atoms with Gasteiger partial charge in [0.05, 0.1) is 10.7 Å². The van der Waals surface area contributed by atoms with Crippen molar-refractivity contribution in [2.45, 2.75) is 26.3 Å². The number of carbonyl (C=O) groups excluding carboxylic acids is 1. The van der Waals surface area contributed by atoms with Crippen LogP contribution < -0.4 is 10.2 Å². The van der Waals surface area contributed by atoms with Gasteiger partial charge >= 0.3 is 0 Å². The summed E-state index contributed by atoms with van der Waals surface area (Å²) in [7, 11) is 0. The van der Waals surface area contributed by atoms with Crippen molar-refractivity contribution in [3.63, 3.8) is 0 Å². The van der Waals surface area contributed by atoms with Gasteiger partial charge in [-0.15, -0.1) is 0 Å². The number of nitrogens with one attached hydrogen (secondary N) is 1. The van der Waals surface area contributed by atoms with Crippen LogP contribution in [0.4, 0.5) is 10.1 Å². The van der Waals surface area contributed by atoms with Crippen LogP contribution in [-0.4, -0.2) is 30.0 Å². The summed E-state index contributed by atoms with van der Waals surface area (Å²) in [6, 6.07) is 4.71. The van der Waals surface area contributed by atoms with Gasteiger partial charge in [0.25, 0.3) is 5.91 Å². The summed E-state index contributed by atoms with van der Waals surface area (Å²) < 4.78 is 18.9. The van der Waals surface area contributed by atoms with Crippen LogP contribution in [0.25, 0.3) is 0 Å². The molecule has 23 heavy (non-hydrogen) atoms. The van der Waals surface area contributed by atoms with Crippen molar-refractivity contribution >= 4 is 23.2 Å². The molecule has 1 atom stereocenters. The number of rotatable bonds is 3. The van der Waals surface area contributed by atoms with E-state index in [9.17, 15) is 9.18 Å². The van der Waals surface area contributed by atoms with E-state index in [1.807, 2.05) is 4.90 Å². The minimum atomic E-state index is -0.440. The molecule has 1 aliphatic rings. The van der Waals surface area contributed by atoms with Gasteiger partial charge in [-0.25, -0.2) is 9.37 Å². The molecule has 2 heterocycles. The molecular weight excluding hydrogens is 321 g/mol. The second kappa shape index (κ2) is 6.20. The molecule has 0 unspecified atom stereocenters. The van der Waals surface area contributed by atoms with Gasteiger partial charge in [-0.3, -0.25) is 4.79 Å². The molecule has 0 bridgehead atoms. The molecule has 3 rings (SSSR count). The van der Waals surface area contributed by atoms with Crippen LogP contribution >= 0.6 is 11.6 Å². The Bertz CT molecular complexity index is 747. The summed E-state index contributed by atoms with van der Waals surface area (Å²) >= 11 is 5.70. The van der Waals surface area contributed by atoms with Gasteiger partial charge in [0.1, 0.15) is 5.82 Å². The lowest BCUT2D eigenvalue weighted by molar-refractivity contribution is 0.0910. The Morgan fingerprint density at radius 1 is 1.48 bits per heavy atom. The molecule has 122 valence electrons. The molecule has 0 radical (unpaired) electrons. The minimum Gasteiger partial charge on any atom is -0.436 e. The summed E-state index contributed by atoms with van der Waals surface area (Å²) in [4.78, 5) is 18.3. The molecular formula is C16H17ClFN3O2. The molecule has 0 saturated carbocycles. The normalized spacial score (nSPS) is 17.6. The molecule has 1 saturated heterocycles. The highest BCUT2D eigenvalue weighted by atomic mass is 35.5. The standard InChI is InChI=1S/C16H17ClFN3O2/c1-9-15(23-10(2)19-9)16(22)20-11-5-6-21(8-11)12-3-4-13(17)14(18)7-12/h3-4,7,11H,5-6,8H2,1-2H3,(H,20,22)/t11-/m0/s1. The van der Waals surface area contributed by atoms with Crippen LogP contribution in [0.15, 0.2) is 22.6 Å². The minimum absolute atomic E-state index is 0.0222. The number of anilines is 1. The van der Waals surface area contributed by atoms with Gasteiger partial charge < -0.3 is 14.6 Å². The summed E-state index contributed by atoms with van der Waals surface area (Å²) in [5, 5.41) is 3.05.